The molecule has 0 saturated carbocycles. The summed E-state index contributed by atoms with van der Waals surface area (Å²) in [6, 6.07) is 5.65. The number of hydrogen-bond acceptors (Lipinski definition) is 2. The predicted octanol–water partition coefficient (Wildman–Crippen LogP) is 2.74. The van der Waals surface area contributed by atoms with Crippen LogP contribution in [0.25, 0.3) is 0 Å². The van der Waals surface area contributed by atoms with Gasteiger partial charge in [0.25, 0.3) is 0 Å². The van der Waals surface area contributed by atoms with E-state index in [1.807, 2.05) is 12.1 Å². The molecule has 2 N–H and O–H groups in total. The number of halogens is 2. The van der Waals surface area contributed by atoms with Crippen molar-refractivity contribution in [2.45, 2.75) is 13.3 Å². The van der Waals surface area contributed by atoms with Gasteiger partial charge < -0.3 is 10.6 Å². The summed E-state index contributed by atoms with van der Waals surface area (Å²) >= 11 is 11.9. The molecule has 0 radical (unpaired) electrons. The number of likely N-dealkylation sites (N-methyl/N-ethyl adjacent to an activating group) is 1. The lowest BCUT2D eigenvalue weighted by atomic mass is 10.1. The van der Waals surface area contributed by atoms with Gasteiger partial charge in [0, 0.05) is 23.1 Å². The van der Waals surface area contributed by atoms with Gasteiger partial charge in [-0.2, -0.15) is 0 Å². The first kappa shape index (κ1) is 13.8. The molecular formula is C12H18Cl2N2. The van der Waals surface area contributed by atoms with Crippen molar-refractivity contribution in [3.8, 4) is 0 Å². The highest BCUT2D eigenvalue weighted by atomic mass is 35.5. The van der Waals surface area contributed by atoms with Crippen LogP contribution in [-0.2, 0) is 6.42 Å². The van der Waals surface area contributed by atoms with Gasteiger partial charge in [-0.15, -0.1) is 0 Å². The standard InChI is InChI=1S/C12H18Cl2N2/c1-2-15-7-8-16-6-5-10-3-4-11(13)9-12(10)14/h3-4,9,15-16H,2,5-8H2,1H3. The fraction of sp³-hybridized carbons (Fsp3) is 0.500. The number of rotatable bonds is 7. The largest absolute Gasteiger partial charge is 0.316 e. The molecular weight excluding hydrogens is 243 g/mol. The van der Waals surface area contributed by atoms with Crippen molar-refractivity contribution in [1.29, 1.82) is 0 Å². The van der Waals surface area contributed by atoms with Gasteiger partial charge in [0.15, 0.2) is 0 Å². The van der Waals surface area contributed by atoms with E-state index in [2.05, 4.69) is 17.6 Å². The highest BCUT2D eigenvalue weighted by Gasteiger charge is 2.00. The minimum Gasteiger partial charge on any atom is -0.316 e. The summed E-state index contributed by atoms with van der Waals surface area (Å²) in [4.78, 5) is 0. The van der Waals surface area contributed by atoms with E-state index in [9.17, 15) is 0 Å². The van der Waals surface area contributed by atoms with Crippen molar-refractivity contribution >= 4 is 23.2 Å². The maximum absolute atomic E-state index is 6.07. The Kier molecular flexibility index (Phi) is 6.81. The lowest BCUT2D eigenvalue weighted by Crippen LogP contribution is -2.28. The summed E-state index contributed by atoms with van der Waals surface area (Å²) in [5, 5.41) is 8.06. The molecule has 0 amide bonds. The van der Waals surface area contributed by atoms with Gasteiger partial charge in [0.2, 0.25) is 0 Å². The molecule has 0 heterocycles. The minimum atomic E-state index is 0.689. The SMILES string of the molecule is CCNCCNCCc1ccc(Cl)cc1Cl. The van der Waals surface area contributed by atoms with Crippen molar-refractivity contribution in [2.75, 3.05) is 26.2 Å². The summed E-state index contributed by atoms with van der Waals surface area (Å²) in [6.45, 7) is 6.05. The number of nitrogens with one attached hydrogen (secondary N) is 2. The summed E-state index contributed by atoms with van der Waals surface area (Å²) in [5.41, 5.74) is 1.14. The first-order valence-electron chi connectivity index (χ1n) is 5.59. The van der Waals surface area contributed by atoms with E-state index in [0.29, 0.717) is 5.02 Å². The smallest absolute Gasteiger partial charge is 0.0453 e. The average Bonchev–Trinajstić information content (AvgIpc) is 2.26. The van der Waals surface area contributed by atoms with Gasteiger partial charge in [-0.05, 0) is 37.2 Å². The Balaban J connectivity index is 2.21. The van der Waals surface area contributed by atoms with Gasteiger partial charge in [0.05, 0.1) is 0 Å². The van der Waals surface area contributed by atoms with Crippen LogP contribution in [0.3, 0.4) is 0 Å². The molecule has 16 heavy (non-hydrogen) atoms. The van der Waals surface area contributed by atoms with Crippen LogP contribution in [0.1, 0.15) is 12.5 Å². The Hall–Kier alpha value is -0.280. The van der Waals surface area contributed by atoms with Crippen molar-refractivity contribution in [3.05, 3.63) is 33.8 Å². The third-order valence-electron chi connectivity index (χ3n) is 2.31. The van der Waals surface area contributed by atoms with E-state index in [-0.39, 0.29) is 0 Å². The van der Waals surface area contributed by atoms with Gasteiger partial charge >= 0.3 is 0 Å². The number of hydrogen-bond donors (Lipinski definition) is 2. The van der Waals surface area contributed by atoms with Crippen LogP contribution in [0.4, 0.5) is 0 Å². The normalized spacial score (nSPS) is 10.7. The van der Waals surface area contributed by atoms with Crippen LogP contribution in [0, 0.1) is 0 Å². The minimum absolute atomic E-state index is 0.689. The third-order valence-corrected chi connectivity index (χ3v) is 2.90. The second kappa shape index (κ2) is 7.91. The van der Waals surface area contributed by atoms with Crippen LogP contribution in [0.15, 0.2) is 18.2 Å². The van der Waals surface area contributed by atoms with E-state index in [1.54, 1.807) is 6.07 Å². The Morgan fingerprint density at radius 3 is 2.50 bits per heavy atom. The fourth-order valence-electron chi connectivity index (χ4n) is 1.43. The zero-order chi connectivity index (χ0) is 11.8. The molecule has 0 saturated heterocycles. The molecule has 0 atom stereocenters. The zero-order valence-electron chi connectivity index (χ0n) is 9.52. The lowest BCUT2D eigenvalue weighted by Gasteiger charge is -2.07. The molecule has 0 aliphatic carbocycles. The monoisotopic (exact) mass is 260 g/mol. The van der Waals surface area contributed by atoms with E-state index in [4.69, 9.17) is 23.2 Å². The maximum Gasteiger partial charge on any atom is 0.0453 e. The lowest BCUT2D eigenvalue weighted by molar-refractivity contribution is 0.624. The molecule has 1 rings (SSSR count). The van der Waals surface area contributed by atoms with Crippen LogP contribution in [-0.4, -0.2) is 26.2 Å². The molecule has 0 unspecified atom stereocenters. The van der Waals surface area contributed by atoms with Crippen molar-refractivity contribution in [2.24, 2.45) is 0 Å². The van der Waals surface area contributed by atoms with Gasteiger partial charge in [0.1, 0.15) is 0 Å². The summed E-state index contributed by atoms with van der Waals surface area (Å²) in [5.74, 6) is 0. The van der Waals surface area contributed by atoms with Crippen molar-refractivity contribution in [1.82, 2.24) is 10.6 Å². The first-order valence-corrected chi connectivity index (χ1v) is 6.35. The van der Waals surface area contributed by atoms with Crippen LogP contribution >= 0.6 is 23.2 Å². The second-order valence-electron chi connectivity index (χ2n) is 3.59. The quantitative estimate of drug-likeness (QED) is 0.737. The van der Waals surface area contributed by atoms with Crippen molar-refractivity contribution in [3.63, 3.8) is 0 Å². The van der Waals surface area contributed by atoms with E-state index in [1.165, 1.54) is 0 Å². The van der Waals surface area contributed by atoms with E-state index < -0.39 is 0 Å². The molecule has 90 valence electrons. The molecule has 2 nitrogen and oxygen atoms in total. The van der Waals surface area contributed by atoms with E-state index >= 15 is 0 Å². The van der Waals surface area contributed by atoms with Crippen LogP contribution in [0.2, 0.25) is 10.0 Å². The summed E-state index contributed by atoms with van der Waals surface area (Å²) < 4.78 is 0. The molecule has 4 heteroatoms. The molecule has 0 aliphatic heterocycles. The Labute approximate surface area is 107 Å². The fourth-order valence-corrected chi connectivity index (χ4v) is 1.93. The van der Waals surface area contributed by atoms with Gasteiger partial charge in [-0.1, -0.05) is 36.2 Å². The highest BCUT2D eigenvalue weighted by Crippen LogP contribution is 2.20. The molecule has 1 aromatic carbocycles. The van der Waals surface area contributed by atoms with E-state index in [0.717, 1.165) is 43.2 Å². The molecule has 1 aromatic rings. The summed E-state index contributed by atoms with van der Waals surface area (Å²) in [7, 11) is 0. The summed E-state index contributed by atoms with van der Waals surface area (Å²) in [6.07, 6.45) is 0.933. The predicted molar refractivity (Wildman–Crippen MR) is 71.6 cm³/mol. The Morgan fingerprint density at radius 1 is 1.06 bits per heavy atom. The van der Waals surface area contributed by atoms with Gasteiger partial charge in [-0.25, -0.2) is 0 Å². The molecule has 0 bridgehead atoms. The number of benzene rings is 1. The van der Waals surface area contributed by atoms with Gasteiger partial charge in [-0.3, -0.25) is 0 Å². The molecule has 0 aliphatic rings. The zero-order valence-corrected chi connectivity index (χ0v) is 11.0. The molecule has 0 spiro atoms. The van der Waals surface area contributed by atoms with Crippen LogP contribution in [0.5, 0.6) is 0 Å². The topological polar surface area (TPSA) is 24.1 Å². The molecule has 0 fully saturated rings. The second-order valence-corrected chi connectivity index (χ2v) is 4.43. The van der Waals surface area contributed by atoms with Crippen LogP contribution < -0.4 is 10.6 Å². The highest BCUT2D eigenvalue weighted by molar-refractivity contribution is 6.35. The third kappa shape index (κ3) is 5.17. The maximum atomic E-state index is 6.07. The average molecular weight is 261 g/mol. The van der Waals surface area contributed by atoms with Crippen molar-refractivity contribution < 1.29 is 0 Å². The molecule has 0 aromatic heterocycles. The Bertz CT molecular complexity index is 316. The Morgan fingerprint density at radius 2 is 1.81 bits per heavy atom. The first-order chi connectivity index (χ1) is 7.74.